The maximum absolute atomic E-state index is 12.1. The minimum Gasteiger partial charge on any atom is -0.382 e. The van der Waals surface area contributed by atoms with E-state index in [1.54, 1.807) is 11.3 Å². The molecule has 4 heteroatoms. The molecule has 1 fully saturated rings. The van der Waals surface area contributed by atoms with Crippen LogP contribution in [0.15, 0.2) is 47.8 Å². The summed E-state index contributed by atoms with van der Waals surface area (Å²) in [6, 6.07) is 14.1. The largest absolute Gasteiger partial charge is 0.382 e. The van der Waals surface area contributed by atoms with Crippen LogP contribution in [0.3, 0.4) is 0 Å². The minimum atomic E-state index is -0.886. The maximum atomic E-state index is 12.1. The molecule has 23 heavy (non-hydrogen) atoms. The van der Waals surface area contributed by atoms with Crippen molar-refractivity contribution in [3.8, 4) is 0 Å². The Hall–Kier alpha value is -1.65. The van der Waals surface area contributed by atoms with E-state index in [4.69, 9.17) is 0 Å². The lowest BCUT2D eigenvalue weighted by atomic mass is 9.95. The van der Waals surface area contributed by atoms with Crippen molar-refractivity contribution in [1.29, 1.82) is 0 Å². The standard InChI is InChI=1S/C19H23NO2S/c21-18(10-4-8-15-6-2-1-3-7-15)20-14-19(22,16-11-12-16)17-9-5-13-23-17/h1-3,5-7,9,13,16,22H,4,8,10-12,14H2,(H,20,21). The molecule has 1 aliphatic carbocycles. The number of hydrogen-bond donors (Lipinski definition) is 2. The quantitative estimate of drug-likeness (QED) is 0.779. The number of aryl methyl sites for hydroxylation is 1. The van der Waals surface area contributed by atoms with Crippen LogP contribution in [0, 0.1) is 5.92 Å². The van der Waals surface area contributed by atoms with Crippen LogP contribution >= 0.6 is 11.3 Å². The molecule has 1 heterocycles. The van der Waals surface area contributed by atoms with Crippen molar-refractivity contribution >= 4 is 17.2 Å². The summed E-state index contributed by atoms with van der Waals surface area (Å²) in [5.74, 6) is 0.308. The molecule has 122 valence electrons. The van der Waals surface area contributed by atoms with Crippen LogP contribution in [0.1, 0.15) is 36.1 Å². The van der Waals surface area contributed by atoms with E-state index in [2.05, 4.69) is 17.4 Å². The first-order valence-corrected chi connectivity index (χ1v) is 9.13. The molecular weight excluding hydrogens is 306 g/mol. The Morgan fingerprint density at radius 1 is 1.22 bits per heavy atom. The van der Waals surface area contributed by atoms with Gasteiger partial charge in [-0.25, -0.2) is 0 Å². The monoisotopic (exact) mass is 329 g/mol. The lowest BCUT2D eigenvalue weighted by molar-refractivity contribution is -0.122. The smallest absolute Gasteiger partial charge is 0.220 e. The van der Waals surface area contributed by atoms with Gasteiger partial charge < -0.3 is 10.4 Å². The second kappa shape index (κ2) is 7.28. The lowest BCUT2D eigenvalue weighted by Gasteiger charge is -2.27. The Morgan fingerprint density at radius 3 is 2.65 bits per heavy atom. The van der Waals surface area contributed by atoms with Gasteiger partial charge in [0.25, 0.3) is 0 Å². The zero-order valence-corrected chi connectivity index (χ0v) is 14.0. The van der Waals surface area contributed by atoms with Crippen LogP contribution in [-0.4, -0.2) is 17.6 Å². The molecule has 0 saturated heterocycles. The molecular formula is C19H23NO2S. The van der Waals surface area contributed by atoms with E-state index in [1.807, 2.05) is 35.7 Å². The van der Waals surface area contributed by atoms with E-state index in [0.29, 0.717) is 13.0 Å². The fraction of sp³-hybridized carbons (Fsp3) is 0.421. The van der Waals surface area contributed by atoms with E-state index in [-0.39, 0.29) is 11.8 Å². The second-order valence-corrected chi connectivity index (χ2v) is 7.24. The third kappa shape index (κ3) is 4.21. The molecule has 3 nitrogen and oxygen atoms in total. The molecule has 1 aromatic heterocycles. The summed E-state index contributed by atoms with van der Waals surface area (Å²) in [5, 5.41) is 15.9. The van der Waals surface area contributed by atoms with Crippen molar-refractivity contribution < 1.29 is 9.90 Å². The fourth-order valence-electron chi connectivity index (χ4n) is 2.94. The number of benzene rings is 1. The summed E-state index contributed by atoms with van der Waals surface area (Å²) in [5.41, 5.74) is 0.372. The highest BCUT2D eigenvalue weighted by Crippen LogP contribution is 2.46. The average Bonchev–Trinajstić information content (AvgIpc) is 3.29. The van der Waals surface area contributed by atoms with Crippen LogP contribution in [0.2, 0.25) is 0 Å². The van der Waals surface area contributed by atoms with Gasteiger partial charge in [0.05, 0.1) is 6.54 Å². The van der Waals surface area contributed by atoms with Crippen LogP contribution in [0.4, 0.5) is 0 Å². The number of rotatable bonds is 8. The van der Waals surface area contributed by atoms with Crippen molar-refractivity contribution in [2.24, 2.45) is 5.92 Å². The summed E-state index contributed by atoms with van der Waals surface area (Å²) in [4.78, 5) is 13.0. The molecule has 1 amide bonds. The summed E-state index contributed by atoms with van der Waals surface area (Å²) in [6.45, 7) is 0.322. The molecule has 1 aromatic carbocycles. The van der Waals surface area contributed by atoms with Gasteiger partial charge in [-0.05, 0) is 48.6 Å². The molecule has 1 saturated carbocycles. The molecule has 1 unspecified atom stereocenters. The van der Waals surface area contributed by atoms with E-state index in [1.165, 1.54) is 5.56 Å². The van der Waals surface area contributed by atoms with Gasteiger partial charge >= 0.3 is 0 Å². The highest BCUT2D eigenvalue weighted by molar-refractivity contribution is 7.10. The first kappa shape index (κ1) is 16.2. The Morgan fingerprint density at radius 2 is 2.00 bits per heavy atom. The van der Waals surface area contributed by atoms with Gasteiger partial charge in [-0.15, -0.1) is 11.3 Å². The van der Waals surface area contributed by atoms with Gasteiger partial charge in [-0.1, -0.05) is 36.4 Å². The predicted octanol–water partition coefficient (Wildman–Crippen LogP) is 3.48. The molecule has 1 atom stereocenters. The van der Waals surface area contributed by atoms with Crippen molar-refractivity contribution in [3.63, 3.8) is 0 Å². The molecule has 0 bridgehead atoms. The topological polar surface area (TPSA) is 49.3 Å². The van der Waals surface area contributed by atoms with Gasteiger partial charge in [0.15, 0.2) is 0 Å². The van der Waals surface area contributed by atoms with Crippen molar-refractivity contribution in [3.05, 3.63) is 58.3 Å². The molecule has 1 aliphatic rings. The fourth-order valence-corrected chi connectivity index (χ4v) is 3.84. The van der Waals surface area contributed by atoms with Crippen molar-refractivity contribution in [1.82, 2.24) is 5.32 Å². The molecule has 2 N–H and O–H groups in total. The van der Waals surface area contributed by atoms with Crippen molar-refractivity contribution in [2.75, 3.05) is 6.54 Å². The highest BCUT2D eigenvalue weighted by Gasteiger charge is 2.45. The number of aliphatic hydroxyl groups is 1. The number of amides is 1. The minimum absolute atomic E-state index is 0.0246. The first-order chi connectivity index (χ1) is 11.2. The summed E-state index contributed by atoms with van der Waals surface area (Å²) < 4.78 is 0. The molecule has 0 aliphatic heterocycles. The van der Waals surface area contributed by atoms with Crippen LogP contribution < -0.4 is 5.32 Å². The third-order valence-corrected chi connectivity index (χ3v) is 5.50. The second-order valence-electron chi connectivity index (χ2n) is 6.29. The van der Waals surface area contributed by atoms with E-state index >= 15 is 0 Å². The van der Waals surface area contributed by atoms with Gasteiger partial charge in [-0.2, -0.15) is 0 Å². The molecule has 0 radical (unpaired) electrons. The summed E-state index contributed by atoms with van der Waals surface area (Å²) in [6.07, 6.45) is 4.32. The van der Waals surface area contributed by atoms with E-state index < -0.39 is 5.60 Å². The van der Waals surface area contributed by atoms with E-state index in [9.17, 15) is 9.90 Å². The van der Waals surface area contributed by atoms with Crippen LogP contribution in [-0.2, 0) is 16.8 Å². The predicted molar refractivity (Wildman–Crippen MR) is 93.3 cm³/mol. The average molecular weight is 329 g/mol. The van der Waals surface area contributed by atoms with Gasteiger partial charge in [0.1, 0.15) is 5.60 Å². The zero-order chi connectivity index (χ0) is 16.1. The first-order valence-electron chi connectivity index (χ1n) is 8.25. The molecule has 0 spiro atoms. The van der Waals surface area contributed by atoms with Gasteiger partial charge in [0, 0.05) is 11.3 Å². The Labute approximate surface area is 141 Å². The lowest BCUT2D eigenvalue weighted by Crippen LogP contribution is -2.41. The Balaban J connectivity index is 1.46. The van der Waals surface area contributed by atoms with Crippen LogP contribution in [0.25, 0.3) is 0 Å². The van der Waals surface area contributed by atoms with E-state index in [0.717, 1.165) is 30.6 Å². The number of carbonyl (C=O) groups excluding carboxylic acids is 1. The summed E-state index contributed by atoms with van der Waals surface area (Å²) >= 11 is 1.56. The SMILES string of the molecule is O=C(CCCc1ccccc1)NCC(O)(c1cccs1)C1CC1. The van der Waals surface area contributed by atoms with Crippen LogP contribution in [0.5, 0.6) is 0 Å². The Kier molecular flexibility index (Phi) is 5.13. The van der Waals surface area contributed by atoms with Gasteiger partial charge in [-0.3, -0.25) is 4.79 Å². The molecule has 2 aromatic rings. The third-order valence-electron chi connectivity index (χ3n) is 4.47. The number of thiophene rings is 1. The maximum Gasteiger partial charge on any atom is 0.220 e. The summed E-state index contributed by atoms with van der Waals surface area (Å²) in [7, 11) is 0. The number of hydrogen-bond acceptors (Lipinski definition) is 3. The number of carbonyl (C=O) groups is 1. The normalized spacial score (nSPS) is 16.7. The zero-order valence-electron chi connectivity index (χ0n) is 13.2. The highest BCUT2D eigenvalue weighted by atomic mass is 32.1. The number of nitrogens with one attached hydrogen (secondary N) is 1. The van der Waals surface area contributed by atoms with Gasteiger partial charge in [0.2, 0.25) is 5.91 Å². The Bertz CT molecular complexity index is 622. The van der Waals surface area contributed by atoms with Crippen molar-refractivity contribution in [2.45, 2.75) is 37.7 Å². The molecule has 3 rings (SSSR count).